The molecule has 7 heteroatoms. The number of rotatable bonds is 7. The van der Waals surface area contributed by atoms with E-state index in [1.54, 1.807) is 42.6 Å². The molecule has 6 nitrogen and oxygen atoms in total. The molecule has 2 heterocycles. The van der Waals surface area contributed by atoms with E-state index in [1.807, 2.05) is 53.2 Å². The Labute approximate surface area is 185 Å². The second-order valence-electron chi connectivity index (χ2n) is 7.28. The zero-order valence-electron chi connectivity index (χ0n) is 17.4. The predicted octanol–water partition coefficient (Wildman–Crippen LogP) is 4.32. The zero-order chi connectivity index (χ0) is 21.8. The minimum absolute atomic E-state index is 0.0886. The molecule has 0 bridgehead atoms. The van der Waals surface area contributed by atoms with E-state index >= 15 is 0 Å². The molecule has 0 spiro atoms. The number of carbonyl (C=O) groups excluding carboxylic acids is 2. The van der Waals surface area contributed by atoms with Crippen LogP contribution in [0.25, 0.3) is 0 Å². The molecular weight excluding hydrogens is 412 g/mol. The SMILES string of the molecule is COCCN1C(=O)c2ccccc2C(C(=O)Nc2cccc(OC)c2)C1c1ccsc1. The monoisotopic (exact) mass is 436 g/mol. The van der Waals surface area contributed by atoms with E-state index in [9.17, 15) is 9.59 Å². The number of fused-ring (bicyclic) bond motifs is 1. The Morgan fingerprint density at radius 3 is 2.71 bits per heavy atom. The summed E-state index contributed by atoms with van der Waals surface area (Å²) in [5, 5.41) is 6.99. The van der Waals surface area contributed by atoms with E-state index < -0.39 is 12.0 Å². The Kier molecular flexibility index (Phi) is 6.34. The highest BCUT2D eigenvalue weighted by atomic mass is 32.1. The first kappa shape index (κ1) is 21.1. The molecule has 1 aliphatic rings. The number of methoxy groups -OCH3 is 2. The van der Waals surface area contributed by atoms with Crippen LogP contribution in [0.1, 0.15) is 33.4 Å². The number of ether oxygens (including phenoxy) is 2. The Morgan fingerprint density at radius 1 is 1.13 bits per heavy atom. The van der Waals surface area contributed by atoms with Crippen LogP contribution in [0.4, 0.5) is 5.69 Å². The largest absolute Gasteiger partial charge is 0.497 e. The zero-order valence-corrected chi connectivity index (χ0v) is 18.2. The van der Waals surface area contributed by atoms with Gasteiger partial charge in [0, 0.05) is 31.0 Å². The highest BCUT2D eigenvalue weighted by Gasteiger charge is 2.44. The summed E-state index contributed by atoms with van der Waals surface area (Å²) in [6, 6.07) is 16.2. The molecule has 3 aromatic rings. The van der Waals surface area contributed by atoms with Gasteiger partial charge < -0.3 is 19.7 Å². The molecule has 31 heavy (non-hydrogen) atoms. The quantitative estimate of drug-likeness (QED) is 0.599. The molecule has 2 unspecified atom stereocenters. The molecule has 2 aromatic carbocycles. The van der Waals surface area contributed by atoms with Gasteiger partial charge in [-0.1, -0.05) is 24.3 Å². The van der Waals surface area contributed by atoms with Crippen molar-refractivity contribution in [3.8, 4) is 5.75 Å². The third-order valence-electron chi connectivity index (χ3n) is 5.48. The maximum absolute atomic E-state index is 13.6. The molecule has 0 radical (unpaired) electrons. The highest BCUT2D eigenvalue weighted by molar-refractivity contribution is 7.08. The summed E-state index contributed by atoms with van der Waals surface area (Å²) in [6.07, 6.45) is 0. The second kappa shape index (κ2) is 9.32. The molecule has 0 aliphatic carbocycles. The van der Waals surface area contributed by atoms with Crippen LogP contribution in [-0.4, -0.2) is 44.1 Å². The summed E-state index contributed by atoms with van der Waals surface area (Å²) >= 11 is 1.55. The van der Waals surface area contributed by atoms with Crippen LogP contribution in [0.15, 0.2) is 65.4 Å². The van der Waals surface area contributed by atoms with Crippen molar-refractivity contribution in [1.29, 1.82) is 0 Å². The van der Waals surface area contributed by atoms with Gasteiger partial charge in [0.05, 0.1) is 25.7 Å². The lowest BCUT2D eigenvalue weighted by Gasteiger charge is -2.41. The van der Waals surface area contributed by atoms with Crippen LogP contribution in [-0.2, 0) is 9.53 Å². The topological polar surface area (TPSA) is 67.9 Å². The van der Waals surface area contributed by atoms with Crippen molar-refractivity contribution in [3.63, 3.8) is 0 Å². The van der Waals surface area contributed by atoms with Crippen molar-refractivity contribution in [1.82, 2.24) is 4.90 Å². The summed E-state index contributed by atoms with van der Waals surface area (Å²) in [7, 11) is 3.19. The fraction of sp³-hybridized carbons (Fsp3) is 0.250. The summed E-state index contributed by atoms with van der Waals surface area (Å²) in [4.78, 5) is 28.8. The molecule has 4 rings (SSSR count). The number of benzene rings is 2. The molecule has 2 atom stereocenters. The number of hydrogen-bond donors (Lipinski definition) is 1. The number of nitrogens with one attached hydrogen (secondary N) is 1. The fourth-order valence-electron chi connectivity index (χ4n) is 4.05. The maximum atomic E-state index is 13.6. The van der Waals surface area contributed by atoms with Gasteiger partial charge in [-0.15, -0.1) is 0 Å². The lowest BCUT2D eigenvalue weighted by atomic mass is 9.79. The number of thiophene rings is 1. The Hall–Kier alpha value is -3.16. The van der Waals surface area contributed by atoms with Crippen LogP contribution in [0.5, 0.6) is 5.75 Å². The van der Waals surface area contributed by atoms with E-state index in [2.05, 4.69) is 5.32 Å². The maximum Gasteiger partial charge on any atom is 0.254 e. The van der Waals surface area contributed by atoms with Crippen molar-refractivity contribution in [2.45, 2.75) is 12.0 Å². The number of hydrogen-bond acceptors (Lipinski definition) is 5. The average Bonchev–Trinajstić information content (AvgIpc) is 3.33. The van der Waals surface area contributed by atoms with Crippen LogP contribution in [0.3, 0.4) is 0 Å². The standard InChI is InChI=1S/C24H24N2O4S/c1-29-12-11-26-22(16-10-13-31-15-16)21(19-8-3-4-9-20(19)24(26)28)23(27)25-17-6-5-7-18(14-17)30-2/h3-10,13-15,21-22H,11-12H2,1-2H3,(H,25,27). The van der Waals surface area contributed by atoms with Gasteiger partial charge in [-0.3, -0.25) is 9.59 Å². The lowest BCUT2D eigenvalue weighted by molar-refractivity contribution is -0.119. The van der Waals surface area contributed by atoms with Crippen molar-refractivity contribution >= 4 is 28.8 Å². The van der Waals surface area contributed by atoms with E-state index in [1.165, 1.54) is 0 Å². The summed E-state index contributed by atoms with van der Waals surface area (Å²) in [6.45, 7) is 0.784. The normalized spacial score (nSPS) is 17.9. The van der Waals surface area contributed by atoms with Gasteiger partial charge in [0.1, 0.15) is 5.75 Å². The average molecular weight is 437 g/mol. The number of nitrogens with zero attached hydrogens (tertiary/aromatic N) is 1. The van der Waals surface area contributed by atoms with Crippen LogP contribution >= 0.6 is 11.3 Å². The molecule has 160 valence electrons. The number of amides is 2. The Bertz CT molecular complexity index is 1070. The van der Waals surface area contributed by atoms with Crippen LogP contribution in [0, 0.1) is 0 Å². The van der Waals surface area contributed by atoms with Gasteiger partial charge >= 0.3 is 0 Å². The summed E-state index contributed by atoms with van der Waals surface area (Å²) in [5.74, 6) is -0.166. The minimum Gasteiger partial charge on any atom is -0.497 e. The van der Waals surface area contributed by atoms with Gasteiger partial charge in [0.15, 0.2) is 0 Å². The predicted molar refractivity (Wildman–Crippen MR) is 121 cm³/mol. The van der Waals surface area contributed by atoms with E-state index in [0.29, 0.717) is 30.2 Å². The van der Waals surface area contributed by atoms with Gasteiger partial charge in [-0.05, 0) is 46.2 Å². The molecule has 0 fully saturated rings. The molecule has 2 amide bonds. The molecule has 1 N–H and O–H groups in total. The first-order chi connectivity index (χ1) is 15.1. The molecule has 0 saturated carbocycles. The lowest BCUT2D eigenvalue weighted by Crippen LogP contribution is -2.47. The van der Waals surface area contributed by atoms with Gasteiger partial charge in [0.25, 0.3) is 5.91 Å². The molecule has 1 aromatic heterocycles. The van der Waals surface area contributed by atoms with E-state index in [4.69, 9.17) is 9.47 Å². The van der Waals surface area contributed by atoms with Crippen molar-refractivity contribution in [2.75, 3.05) is 32.7 Å². The fourth-order valence-corrected chi connectivity index (χ4v) is 4.73. The van der Waals surface area contributed by atoms with Crippen molar-refractivity contribution < 1.29 is 19.1 Å². The first-order valence-electron chi connectivity index (χ1n) is 10.00. The minimum atomic E-state index is -0.563. The van der Waals surface area contributed by atoms with Crippen LogP contribution in [0.2, 0.25) is 0 Å². The van der Waals surface area contributed by atoms with Gasteiger partial charge in [0.2, 0.25) is 5.91 Å². The third kappa shape index (κ3) is 4.19. The van der Waals surface area contributed by atoms with Crippen molar-refractivity contribution in [3.05, 3.63) is 82.0 Å². The Balaban J connectivity index is 1.78. The summed E-state index contributed by atoms with van der Waals surface area (Å²) in [5.41, 5.74) is 2.87. The van der Waals surface area contributed by atoms with Crippen molar-refractivity contribution in [2.24, 2.45) is 0 Å². The molecular formula is C24H24N2O4S. The Morgan fingerprint density at radius 2 is 1.97 bits per heavy atom. The van der Waals surface area contributed by atoms with E-state index in [0.717, 1.165) is 11.1 Å². The summed E-state index contributed by atoms with van der Waals surface area (Å²) < 4.78 is 10.5. The van der Waals surface area contributed by atoms with Gasteiger partial charge in [-0.25, -0.2) is 0 Å². The molecule has 0 saturated heterocycles. The highest BCUT2D eigenvalue weighted by Crippen LogP contribution is 2.43. The smallest absolute Gasteiger partial charge is 0.254 e. The third-order valence-corrected chi connectivity index (χ3v) is 6.18. The second-order valence-corrected chi connectivity index (χ2v) is 8.06. The molecule has 1 aliphatic heterocycles. The first-order valence-corrected chi connectivity index (χ1v) is 10.9. The number of carbonyl (C=O) groups is 2. The van der Waals surface area contributed by atoms with Gasteiger partial charge in [-0.2, -0.15) is 11.3 Å². The number of anilines is 1. The van der Waals surface area contributed by atoms with E-state index in [-0.39, 0.29) is 11.8 Å². The van der Waals surface area contributed by atoms with Crippen LogP contribution < -0.4 is 10.1 Å².